The van der Waals surface area contributed by atoms with Gasteiger partial charge in [0.25, 0.3) is 0 Å². The third-order valence-corrected chi connectivity index (χ3v) is 2.81. The Kier molecular flexibility index (Phi) is 4.84. The molecule has 0 unspecified atom stereocenters. The van der Waals surface area contributed by atoms with Crippen LogP contribution in [-0.2, 0) is 0 Å². The summed E-state index contributed by atoms with van der Waals surface area (Å²) in [6, 6.07) is 10.1. The highest BCUT2D eigenvalue weighted by Crippen LogP contribution is 2.12. The van der Waals surface area contributed by atoms with Gasteiger partial charge in [-0.2, -0.15) is 0 Å². The zero-order chi connectivity index (χ0) is 15.2. The fourth-order valence-corrected chi connectivity index (χ4v) is 1.70. The van der Waals surface area contributed by atoms with Crippen LogP contribution in [0.4, 0.5) is 19.3 Å². The predicted molar refractivity (Wildman–Crippen MR) is 74.8 cm³/mol. The molecule has 2 aromatic carbocycles. The van der Waals surface area contributed by atoms with Gasteiger partial charge in [0.2, 0.25) is 0 Å². The summed E-state index contributed by atoms with van der Waals surface area (Å²) in [5.74, 6) is -0.791. The van der Waals surface area contributed by atoms with Gasteiger partial charge in [-0.25, -0.2) is 13.6 Å². The molecule has 2 rings (SSSR count). The van der Waals surface area contributed by atoms with Crippen LogP contribution >= 0.6 is 0 Å². The Labute approximate surface area is 120 Å². The molecule has 1 atom stereocenters. The molecule has 0 aromatic heterocycles. The minimum Gasteiger partial charge on any atom is -0.387 e. The van der Waals surface area contributed by atoms with E-state index in [1.165, 1.54) is 48.5 Å². The molecule has 0 radical (unpaired) electrons. The normalized spacial score (nSPS) is 11.8. The number of aliphatic hydroxyl groups excluding tert-OH is 1. The van der Waals surface area contributed by atoms with Crippen LogP contribution < -0.4 is 10.6 Å². The second-order valence-electron chi connectivity index (χ2n) is 4.41. The van der Waals surface area contributed by atoms with Crippen LogP contribution in [0.1, 0.15) is 11.7 Å². The summed E-state index contributed by atoms with van der Waals surface area (Å²) in [7, 11) is 0. The molecule has 2 aromatic rings. The average molecular weight is 292 g/mol. The van der Waals surface area contributed by atoms with E-state index in [1.807, 2.05) is 0 Å². The number of benzene rings is 2. The topological polar surface area (TPSA) is 61.4 Å². The third kappa shape index (κ3) is 4.54. The number of aliphatic hydroxyl groups is 1. The molecule has 2 amide bonds. The zero-order valence-electron chi connectivity index (χ0n) is 11.0. The predicted octanol–water partition coefficient (Wildman–Crippen LogP) is 2.82. The number of amides is 2. The average Bonchev–Trinajstić information content (AvgIpc) is 2.48. The van der Waals surface area contributed by atoms with Gasteiger partial charge in [0.15, 0.2) is 0 Å². The van der Waals surface area contributed by atoms with Gasteiger partial charge in [-0.1, -0.05) is 12.1 Å². The standard InChI is InChI=1S/C15H14F2N2O2/c16-11-3-1-10(2-4-11)14(20)9-18-15(21)19-13-7-5-12(17)6-8-13/h1-8,14,20H,9H2,(H2,18,19,21)/t14-/m1/s1. The summed E-state index contributed by atoms with van der Waals surface area (Å²) in [4.78, 5) is 11.6. The SMILES string of the molecule is O=C(NC[C@@H](O)c1ccc(F)cc1)Nc1ccc(F)cc1. The van der Waals surface area contributed by atoms with Gasteiger partial charge < -0.3 is 15.7 Å². The molecule has 0 fully saturated rings. The maximum atomic E-state index is 12.7. The van der Waals surface area contributed by atoms with Crippen molar-refractivity contribution in [2.75, 3.05) is 11.9 Å². The van der Waals surface area contributed by atoms with Crippen molar-refractivity contribution in [3.05, 3.63) is 65.7 Å². The fourth-order valence-electron chi connectivity index (χ4n) is 1.70. The van der Waals surface area contributed by atoms with Crippen molar-refractivity contribution in [2.45, 2.75) is 6.10 Å². The molecule has 3 N–H and O–H groups in total. The van der Waals surface area contributed by atoms with Crippen LogP contribution in [0.2, 0.25) is 0 Å². The molecule has 0 saturated carbocycles. The lowest BCUT2D eigenvalue weighted by atomic mass is 10.1. The summed E-state index contributed by atoms with van der Waals surface area (Å²) in [5.41, 5.74) is 0.934. The van der Waals surface area contributed by atoms with E-state index in [-0.39, 0.29) is 6.54 Å². The minimum absolute atomic E-state index is 0.0291. The first-order valence-electron chi connectivity index (χ1n) is 6.28. The highest BCUT2D eigenvalue weighted by Gasteiger charge is 2.09. The first-order valence-corrected chi connectivity index (χ1v) is 6.28. The van der Waals surface area contributed by atoms with Gasteiger partial charge in [-0.15, -0.1) is 0 Å². The molecule has 21 heavy (non-hydrogen) atoms. The van der Waals surface area contributed by atoms with E-state index in [1.54, 1.807) is 0 Å². The number of nitrogens with one attached hydrogen (secondary N) is 2. The Morgan fingerprint density at radius 2 is 1.52 bits per heavy atom. The Hall–Kier alpha value is -2.47. The highest BCUT2D eigenvalue weighted by atomic mass is 19.1. The van der Waals surface area contributed by atoms with Crippen molar-refractivity contribution >= 4 is 11.7 Å². The number of carbonyl (C=O) groups is 1. The maximum Gasteiger partial charge on any atom is 0.319 e. The van der Waals surface area contributed by atoms with E-state index in [9.17, 15) is 18.7 Å². The van der Waals surface area contributed by atoms with Crippen molar-refractivity contribution < 1.29 is 18.7 Å². The molecule has 0 aliphatic carbocycles. The fraction of sp³-hybridized carbons (Fsp3) is 0.133. The third-order valence-electron chi connectivity index (χ3n) is 2.81. The summed E-state index contributed by atoms with van der Waals surface area (Å²) in [6.45, 7) is -0.0291. The van der Waals surface area contributed by atoms with Crippen molar-refractivity contribution in [2.24, 2.45) is 0 Å². The second kappa shape index (κ2) is 6.81. The first kappa shape index (κ1) is 14.9. The lowest BCUT2D eigenvalue weighted by Gasteiger charge is -2.13. The smallest absolute Gasteiger partial charge is 0.319 e. The van der Waals surface area contributed by atoms with E-state index >= 15 is 0 Å². The van der Waals surface area contributed by atoms with Crippen LogP contribution in [0.25, 0.3) is 0 Å². The van der Waals surface area contributed by atoms with E-state index in [0.717, 1.165) is 0 Å². The molecule has 0 bridgehead atoms. The Balaban J connectivity index is 1.83. The van der Waals surface area contributed by atoms with E-state index in [4.69, 9.17) is 0 Å². The quantitative estimate of drug-likeness (QED) is 0.811. The molecule has 4 nitrogen and oxygen atoms in total. The molecule has 110 valence electrons. The summed E-state index contributed by atoms with van der Waals surface area (Å²) in [5, 5.41) is 14.8. The van der Waals surface area contributed by atoms with Gasteiger partial charge in [0.1, 0.15) is 11.6 Å². The van der Waals surface area contributed by atoms with Gasteiger partial charge in [0.05, 0.1) is 6.10 Å². The highest BCUT2D eigenvalue weighted by molar-refractivity contribution is 5.89. The number of anilines is 1. The van der Waals surface area contributed by atoms with Crippen LogP contribution in [0, 0.1) is 11.6 Å². The molecule has 0 saturated heterocycles. The molecule has 6 heteroatoms. The minimum atomic E-state index is -0.940. The van der Waals surface area contributed by atoms with Gasteiger partial charge in [0, 0.05) is 12.2 Å². The lowest BCUT2D eigenvalue weighted by molar-refractivity contribution is 0.175. The Bertz CT molecular complexity index is 600. The molecule has 0 heterocycles. The van der Waals surface area contributed by atoms with Crippen molar-refractivity contribution in [1.82, 2.24) is 5.32 Å². The maximum absolute atomic E-state index is 12.7. The second-order valence-corrected chi connectivity index (χ2v) is 4.41. The van der Waals surface area contributed by atoms with E-state index < -0.39 is 23.8 Å². The monoisotopic (exact) mass is 292 g/mol. The van der Waals surface area contributed by atoms with Crippen LogP contribution in [-0.4, -0.2) is 17.7 Å². The zero-order valence-corrected chi connectivity index (χ0v) is 11.0. The Morgan fingerprint density at radius 3 is 2.10 bits per heavy atom. The number of urea groups is 1. The number of halogens is 2. The van der Waals surface area contributed by atoms with Gasteiger partial charge in [-0.3, -0.25) is 0 Å². The molecular formula is C15H14F2N2O2. The van der Waals surface area contributed by atoms with Crippen molar-refractivity contribution in [1.29, 1.82) is 0 Å². The number of carbonyl (C=O) groups excluding carboxylic acids is 1. The van der Waals surface area contributed by atoms with Gasteiger partial charge in [-0.05, 0) is 42.0 Å². The van der Waals surface area contributed by atoms with Crippen LogP contribution in [0.15, 0.2) is 48.5 Å². The Morgan fingerprint density at radius 1 is 1.00 bits per heavy atom. The first-order chi connectivity index (χ1) is 10.0. The number of hydrogen-bond donors (Lipinski definition) is 3. The summed E-state index contributed by atoms with van der Waals surface area (Å²) < 4.78 is 25.5. The van der Waals surface area contributed by atoms with Crippen molar-refractivity contribution in [3.63, 3.8) is 0 Å². The van der Waals surface area contributed by atoms with Crippen LogP contribution in [0.3, 0.4) is 0 Å². The van der Waals surface area contributed by atoms with Crippen LogP contribution in [0.5, 0.6) is 0 Å². The van der Waals surface area contributed by atoms with Gasteiger partial charge >= 0.3 is 6.03 Å². The molecule has 0 aliphatic heterocycles. The summed E-state index contributed by atoms with van der Waals surface area (Å²) >= 11 is 0. The van der Waals surface area contributed by atoms with Crippen molar-refractivity contribution in [3.8, 4) is 0 Å². The molecular weight excluding hydrogens is 278 g/mol. The number of hydrogen-bond acceptors (Lipinski definition) is 2. The number of rotatable bonds is 4. The largest absolute Gasteiger partial charge is 0.387 e. The van der Waals surface area contributed by atoms with E-state index in [2.05, 4.69) is 10.6 Å². The molecule has 0 aliphatic rings. The molecule has 0 spiro atoms. The lowest BCUT2D eigenvalue weighted by Crippen LogP contribution is -2.32. The van der Waals surface area contributed by atoms with E-state index in [0.29, 0.717) is 11.3 Å². The summed E-state index contributed by atoms with van der Waals surface area (Å²) in [6.07, 6.45) is -0.940.